The number of carbonyl (C=O) groups is 1. The zero-order chi connectivity index (χ0) is 16.5. The first kappa shape index (κ1) is 17.6. The molecule has 0 atom stereocenters. The molecule has 0 saturated carbocycles. The van der Waals surface area contributed by atoms with Crippen LogP contribution in [0.5, 0.6) is 0 Å². The van der Waals surface area contributed by atoms with Crippen LogP contribution in [0, 0.1) is 0 Å². The second-order valence-electron chi connectivity index (χ2n) is 6.06. The van der Waals surface area contributed by atoms with E-state index in [1.165, 1.54) is 12.8 Å². The third-order valence-electron chi connectivity index (χ3n) is 4.25. The van der Waals surface area contributed by atoms with E-state index in [0.717, 1.165) is 43.9 Å². The number of para-hydroxylation sites is 2. The molecule has 0 unspecified atom stereocenters. The van der Waals surface area contributed by atoms with Crippen LogP contribution in [-0.4, -0.2) is 48.8 Å². The number of anilines is 2. The normalized spacial score (nSPS) is 14.1. The molecule has 1 aromatic carbocycles. The van der Waals surface area contributed by atoms with Gasteiger partial charge in [0.05, 0.1) is 11.4 Å². The maximum absolute atomic E-state index is 12.6. The van der Waals surface area contributed by atoms with Crippen molar-refractivity contribution in [3.05, 3.63) is 24.3 Å². The van der Waals surface area contributed by atoms with Crippen molar-refractivity contribution in [1.29, 1.82) is 0 Å². The van der Waals surface area contributed by atoms with Gasteiger partial charge < -0.3 is 20.2 Å². The average molecular weight is 319 g/mol. The van der Waals surface area contributed by atoms with Crippen molar-refractivity contribution < 1.29 is 9.90 Å². The maximum Gasteiger partial charge on any atom is 0.321 e. The number of rotatable bonds is 8. The average Bonchev–Trinajstić information content (AvgIpc) is 3.09. The first-order chi connectivity index (χ1) is 11.3. The Hall–Kier alpha value is -1.75. The first-order valence-electron chi connectivity index (χ1n) is 8.77. The molecule has 0 bridgehead atoms. The van der Waals surface area contributed by atoms with Gasteiger partial charge in [0.25, 0.3) is 0 Å². The molecule has 1 aliphatic heterocycles. The number of benzene rings is 1. The van der Waals surface area contributed by atoms with Crippen LogP contribution in [0.3, 0.4) is 0 Å². The molecule has 128 valence electrons. The van der Waals surface area contributed by atoms with Gasteiger partial charge in [-0.15, -0.1) is 0 Å². The molecular formula is C18H29N3O2. The predicted octanol–water partition coefficient (Wildman–Crippen LogP) is 3.30. The van der Waals surface area contributed by atoms with Gasteiger partial charge >= 0.3 is 6.03 Å². The molecule has 1 aliphatic rings. The zero-order valence-corrected chi connectivity index (χ0v) is 14.1. The third kappa shape index (κ3) is 5.13. The van der Waals surface area contributed by atoms with Crippen LogP contribution < -0.4 is 10.2 Å². The van der Waals surface area contributed by atoms with Crippen molar-refractivity contribution in [1.82, 2.24) is 4.90 Å². The fourth-order valence-electron chi connectivity index (χ4n) is 2.93. The summed E-state index contributed by atoms with van der Waals surface area (Å²) in [5.41, 5.74) is 1.99. The van der Waals surface area contributed by atoms with E-state index < -0.39 is 0 Å². The topological polar surface area (TPSA) is 55.8 Å². The molecule has 0 radical (unpaired) electrons. The first-order valence-corrected chi connectivity index (χ1v) is 8.77. The van der Waals surface area contributed by atoms with Gasteiger partial charge in [-0.05, 0) is 37.8 Å². The monoisotopic (exact) mass is 319 g/mol. The van der Waals surface area contributed by atoms with Gasteiger partial charge in [-0.1, -0.05) is 25.5 Å². The van der Waals surface area contributed by atoms with Gasteiger partial charge in [-0.2, -0.15) is 0 Å². The molecule has 0 aliphatic carbocycles. The predicted molar refractivity (Wildman–Crippen MR) is 95.1 cm³/mol. The number of aliphatic hydroxyl groups is 1. The van der Waals surface area contributed by atoms with Crippen LogP contribution in [0.4, 0.5) is 16.2 Å². The van der Waals surface area contributed by atoms with E-state index in [0.29, 0.717) is 13.0 Å². The van der Waals surface area contributed by atoms with Crippen molar-refractivity contribution in [3.8, 4) is 0 Å². The van der Waals surface area contributed by atoms with E-state index >= 15 is 0 Å². The lowest BCUT2D eigenvalue weighted by Crippen LogP contribution is -2.37. The van der Waals surface area contributed by atoms with Crippen LogP contribution in [0.25, 0.3) is 0 Å². The van der Waals surface area contributed by atoms with Crippen LogP contribution >= 0.6 is 0 Å². The van der Waals surface area contributed by atoms with Crippen LogP contribution in [-0.2, 0) is 0 Å². The second kappa shape index (κ2) is 9.40. The summed E-state index contributed by atoms with van der Waals surface area (Å²) in [6.45, 7) is 5.65. The number of urea groups is 1. The minimum atomic E-state index is -0.0708. The molecule has 5 nitrogen and oxygen atoms in total. The van der Waals surface area contributed by atoms with E-state index in [1.54, 1.807) is 4.90 Å². The van der Waals surface area contributed by atoms with Crippen molar-refractivity contribution in [2.45, 2.75) is 39.0 Å². The molecule has 1 heterocycles. The Morgan fingerprint density at radius 3 is 2.61 bits per heavy atom. The van der Waals surface area contributed by atoms with Gasteiger partial charge in [-0.25, -0.2) is 4.79 Å². The van der Waals surface area contributed by atoms with Crippen molar-refractivity contribution in [2.75, 3.05) is 43.0 Å². The number of unbranched alkanes of at least 4 members (excludes halogenated alkanes) is 1. The van der Waals surface area contributed by atoms with Crippen LogP contribution in [0.2, 0.25) is 0 Å². The van der Waals surface area contributed by atoms with Crippen molar-refractivity contribution in [3.63, 3.8) is 0 Å². The summed E-state index contributed by atoms with van der Waals surface area (Å²) in [6, 6.07) is 7.95. The lowest BCUT2D eigenvalue weighted by atomic mass is 10.2. The Bertz CT molecular complexity index is 479. The molecule has 5 heteroatoms. The minimum absolute atomic E-state index is 0.0708. The van der Waals surface area contributed by atoms with E-state index in [-0.39, 0.29) is 12.6 Å². The maximum atomic E-state index is 12.6. The Balaban J connectivity index is 2.04. The molecule has 1 saturated heterocycles. The highest BCUT2D eigenvalue weighted by Crippen LogP contribution is 2.28. The Kier molecular flexibility index (Phi) is 7.20. The quantitative estimate of drug-likeness (QED) is 0.773. The Morgan fingerprint density at radius 1 is 1.22 bits per heavy atom. The highest BCUT2D eigenvalue weighted by atomic mass is 16.3. The van der Waals surface area contributed by atoms with Crippen molar-refractivity contribution >= 4 is 17.4 Å². The van der Waals surface area contributed by atoms with Crippen molar-refractivity contribution in [2.24, 2.45) is 0 Å². The second-order valence-corrected chi connectivity index (χ2v) is 6.06. The Labute approximate surface area is 139 Å². The summed E-state index contributed by atoms with van der Waals surface area (Å²) < 4.78 is 0. The van der Waals surface area contributed by atoms with E-state index in [1.807, 2.05) is 18.2 Å². The van der Waals surface area contributed by atoms with Gasteiger partial charge in [0, 0.05) is 32.8 Å². The lowest BCUT2D eigenvalue weighted by molar-refractivity contribution is 0.201. The van der Waals surface area contributed by atoms with E-state index in [4.69, 9.17) is 5.11 Å². The number of carbonyl (C=O) groups excluding carboxylic acids is 1. The summed E-state index contributed by atoms with van der Waals surface area (Å²) >= 11 is 0. The summed E-state index contributed by atoms with van der Waals surface area (Å²) in [4.78, 5) is 16.7. The summed E-state index contributed by atoms with van der Waals surface area (Å²) in [5, 5.41) is 12.1. The highest BCUT2D eigenvalue weighted by Gasteiger charge is 2.18. The lowest BCUT2D eigenvalue weighted by Gasteiger charge is -2.25. The minimum Gasteiger partial charge on any atom is -0.396 e. The van der Waals surface area contributed by atoms with Gasteiger partial charge in [-0.3, -0.25) is 0 Å². The molecule has 0 spiro atoms. The molecule has 1 aromatic rings. The van der Waals surface area contributed by atoms with E-state index in [2.05, 4.69) is 23.2 Å². The van der Waals surface area contributed by atoms with Crippen LogP contribution in [0.1, 0.15) is 39.0 Å². The fraction of sp³-hybridized carbons (Fsp3) is 0.611. The standard InChI is InChI=1S/C18H29N3O2/c1-2-3-11-21(14-8-15-22)18(23)19-16-9-4-5-10-17(16)20-12-6-7-13-20/h4-5,9-10,22H,2-3,6-8,11-15H2,1H3,(H,19,23). The van der Waals surface area contributed by atoms with Gasteiger partial charge in [0.2, 0.25) is 0 Å². The molecule has 23 heavy (non-hydrogen) atoms. The Morgan fingerprint density at radius 2 is 1.91 bits per heavy atom. The molecule has 2 N–H and O–H groups in total. The number of nitrogens with zero attached hydrogens (tertiary/aromatic N) is 2. The molecule has 1 fully saturated rings. The number of aliphatic hydroxyl groups excluding tert-OH is 1. The fourth-order valence-corrected chi connectivity index (χ4v) is 2.93. The van der Waals surface area contributed by atoms with Gasteiger partial charge in [0.15, 0.2) is 0 Å². The largest absolute Gasteiger partial charge is 0.396 e. The van der Waals surface area contributed by atoms with E-state index in [9.17, 15) is 4.79 Å². The number of amides is 2. The highest BCUT2D eigenvalue weighted by molar-refractivity contribution is 5.93. The molecule has 2 amide bonds. The van der Waals surface area contributed by atoms with Gasteiger partial charge in [0.1, 0.15) is 0 Å². The zero-order valence-electron chi connectivity index (χ0n) is 14.1. The summed E-state index contributed by atoms with van der Waals surface area (Å²) in [5.74, 6) is 0. The summed E-state index contributed by atoms with van der Waals surface area (Å²) in [6.07, 6.45) is 5.06. The number of hydrogen-bond donors (Lipinski definition) is 2. The molecule has 0 aromatic heterocycles. The third-order valence-corrected chi connectivity index (χ3v) is 4.25. The number of hydrogen-bond acceptors (Lipinski definition) is 3. The summed E-state index contributed by atoms with van der Waals surface area (Å²) in [7, 11) is 0. The molecular weight excluding hydrogens is 290 g/mol. The molecule has 2 rings (SSSR count). The van der Waals surface area contributed by atoms with Crippen LogP contribution in [0.15, 0.2) is 24.3 Å². The SMILES string of the molecule is CCCCN(CCCO)C(=O)Nc1ccccc1N1CCCC1. The smallest absolute Gasteiger partial charge is 0.321 e. The number of nitrogens with one attached hydrogen (secondary N) is 1.